The van der Waals surface area contributed by atoms with Crippen LogP contribution in [0.3, 0.4) is 0 Å². The van der Waals surface area contributed by atoms with E-state index < -0.39 is 30.1 Å². The van der Waals surface area contributed by atoms with Crippen LogP contribution in [0.15, 0.2) is 0 Å². The first-order valence-corrected chi connectivity index (χ1v) is 6.97. The highest BCUT2D eigenvalue weighted by atomic mass is 16.5. The third-order valence-corrected chi connectivity index (χ3v) is 2.91. The second kappa shape index (κ2) is 11.5. The highest BCUT2D eigenvalue weighted by Gasteiger charge is 2.24. The van der Waals surface area contributed by atoms with Crippen molar-refractivity contribution in [2.75, 3.05) is 13.7 Å². The molecule has 126 valence electrons. The molecule has 0 spiro atoms. The summed E-state index contributed by atoms with van der Waals surface area (Å²) in [6, 6.07) is -2.88. The fourth-order valence-electron chi connectivity index (χ4n) is 1.73. The van der Waals surface area contributed by atoms with Crippen LogP contribution in [-0.4, -0.2) is 55.1 Å². The molecule has 5 N–H and O–H groups in total. The Morgan fingerprint density at radius 1 is 1.18 bits per heavy atom. The van der Waals surface area contributed by atoms with Crippen molar-refractivity contribution in [1.29, 1.82) is 0 Å². The monoisotopic (exact) mass is 317 g/mol. The molecule has 0 heterocycles. The Bertz CT molecular complexity index is 388. The van der Waals surface area contributed by atoms with Gasteiger partial charge in [0.2, 0.25) is 0 Å². The van der Waals surface area contributed by atoms with Crippen molar-refractivity contribution in [1.82, 2.24) is 10.6 Å². The summed E-state index contributed by atoms with van der Waals surface area (Å²) in [5.74, 6) is -1.87. The number of carboxylic acids is 1. The normalized spacial score (nSPS) is 12.8. The summed E-state index contributed by atoms with van der Waals surface area (Å²) in [6.07, 6.45) is 2.20. The lowest BCUT2D eigenvalue weighted by atomic mass is 10.1. The lowest BCUT2D eigenvalue weighted by Crippen LogP contribution is -2.51. The van der Waals surface area contributed by atoms with E-state index in [9.17, 15) is 19.2 Å². The largest absolute Gasteiger partial charge is 0.480 e. The molecule has 2 unspecified atom stereocenters. The van der Waals surface area contributed by atoms with Crippen molar-refractivity contribution < 1.29 is 29.0 Å². The lowest BCUT2D eigenvalue weighted by Gasteiger charge is -2.19. The molecule has 0 aromatic carbocycles. The second-order valence-electron chi connectivity index (χ2n) is 4.61. The molecule has 0 saturated heterocycles. The number of amides is 2. The van der Waals surface area contributed by atoms with Gasteiger partial charge in [0.05, 0.1) is 7.11 Å². The summed E-state index contributed by atoms with van der Waals surface area (Å²) in [4.78, 5) is 44.7. The van der Waals surface area contributed by atoms with Crippen molar-refractivity contribution in [3.8, 4) is 0 Å². The number of hydrogen-bond acceptors (Lipinski definition) is 6. The first-order chi connectivity index (χ1) is 10.5. The molecule has 0 fully saturated rings. The van der Waals surface area contributed by atoms with Gasteiger partial charge in [-0.2, -0.15) is 0 Å². The van der Waals surface area contributed by atoms with E-state index in [1.165, 1.54) is 0 Å². The van der Waals surface area contributed by atoms with E-state index in [2.05, 4.69) is 15.4 Å². The van der Waals surface area contributed by atoms with E-state index in [-0.39, 0.29) is 19.3 Å². The summed E-state index contributed by atoms with van der Waals surface area (Å²) in [5.41, 5.74) is 5.33. The van der Waals surface area contributed by atoms with Gasteiger partial charge in [-0.3, -0.25) is 0 Å². The minimum absolute atomic E-state index is 0.0684. The van der Waals surface area contributed by atoms with Crippen molar-refractivity contribution in [2.45, 2.75) is 44.2 Å². The van der Waals surface area contributed by atoms with Gasteiger partial charge in [0, 0.05) is 6.42 Å². The standard InChI is InChI=1S/C13H23N3O6/c1-22-12(20)10(6-4-8-17)16-13(21)15-9(11(18)19)5-2-3-7-14/h8-10H,2-7,14H2,1H3,(H,18,19)(H2,15,16,21). The molecular weight excluding hydrogens is 294 g/mol. The number of carbonyl (C=O) groups is 4. The zero-order valence-electron chi connectivity index (χ0n) is 12.5. The third kappa shape index (κ3) is 8.20. The maximum absolute atomic E-state index is 11.8. The Kier molecular flexibility index (Phi) is 10.4. The molecule has 0 radical (unpaired) electrons. The number of carbonyl (C=O) groups excluding carboxylic acids is 3. The number of urea groups is 1. The molecular formula is C13H23N3O6. The van der Waals surface area contributed by atoms with Gasteiger partial charge in [-0.15, -0.1) is 0 Å². The number of methoxy groups -OCH3 is 1. The van der Waals surface area contributed by atoms with Crippen LogP contribution >= 0.6 is 0 Å². The summed E-state index contributed by atoms with van der Waals surface area (Å²) >= 11 is 0. The number of ether oxygens (including phenoxy) is 1. The Morgan fingerprint density at radius 2 is 1.82 bits per heavy atom. The fourth-order valence-corrected chi connectivity index (χ4v) is 1.73. The number of nitrogens with one attached hydrogen (secondary N) is 2. The Labute approximate surface area is 128 Å². The minimum atomic E-state index is -1.17. The Morgan fingerprint density at radius 3 is 2.32 bits per heavy atom. The first kappa shape index (κ1) is 19.8. The Balaban J connectivity index is 4.52. The Hall–Kier alpha value is -2.16. The average Bonchev–Trinajstić information content (AvgIpc) is 2.49. The lowest BCUT2D eigenvalue weighted by molar-refractivity contribution is -0.143. The number of aldehydes is 1. The maximum atomic E-state index is 11.8. The van der Waals surface area contributed by atoms with E-state index in [4.69, 9.17) is 10.8 Å². The topological polar surface area (TPSA) is 148 Å². The molecule has 0 aliphatic rings. The predicted molar refractivity (Wildman–Crippen MR) is 77.1 cm³/mol. The molecule has 9 heteroatoms. The number of aliphatic carboxylic acids is 1. The van der Waals surface area contributed by atoms with Gasteiger partial charge in [0.25, 0.3) is 0 Å². The van der Waals surface area contributed by atoms with Gasteiger partial charge < -0.3 is 31.0 Å². The SMILES string of the molecule is COC(=O)C(CCC=O)NC(=O)NC(CCCCN)C(=O)O. The van der Waals surface area contributed by atoms with Gasteiger partial charge >= 0.3 is 18.0 Å². The number of hydrogen-bond donors (Lipinski definition) is 4. The summed E-state index contributed by atoms with van der Waals surface area (Å²) in [7, 11) is 1.16. The number of nitrogens with two attached hydrogens (primary N) is 1. The van der Waals surface area contributed by atoms with Crippen LogP contribution in [-0.2, 0) is 19.1 Å². The predicted octanol–water partition coefficient (Wildman–Crippen LogP) is -0.611. The highest BCUT2D eigenvalue weighted by Crippen LogP contribution is 2.02. The van der Waals surface area contributed by atoms with Crippen LogP contribution in [0.5, 0.6) is 0 Å². The molecule has 0 aliphatic heterocycles. The van der Waals surface area contributed by atoms with E-state index in [1.54, 1.807) is 0 Å². The van der Waals surface area contributed by atoms with Crippen LogP contribution in [0.2, 0.25) is 0 Å². The molecule has 0 rings (SSSR count). The molecule has 0 saturated carbocycles. The van der Waals surface area contributed by atoms with Crippen LogP contribution in [0.25, 0.3) is 0 Å². The van der Waals surface area contributed by atoms with Crippen molar-refractivity contribution >= 4 is 24.3 Å². The van der Waals surface area contributed by atoms with Crippen molar-refractivity contribution in [3.63, 3.8) is 0 Å². The summed E-state index contributed by atoms with van der Waals surface area (Å²) < 4.78 is 4.51. The number of esters is 1. The molecule has 0 aromatic rings. The number of carboxylic acid groups (broad SMARTS) is 1. The number of unbranched alkanes of at least 4 members (excludes halogenated alkanes) is 1. The van der Waals surface area contributed by atoms with Gasteiger partial charge in [-0.25, -0.2) is 14.4 Å². The zero-order chi connectivity index (χ0) is 17.0. The van der Waals surface area contributed by atoms with E-state index in [0.29, 0.717) is 25.7 Å². The maximum Gasteiger partial charge on any atom is 0.328 e. The summed E-state index contributed by atoms with van der Waals surface area (Å²) in [6.45, 7) is 0.439. The summed E-state index contributed by atoms with van der Waals surface area (Å²) in [5, 5.41) is 13.6. The van der Waals surface area contributed by atoms with E-state index >= 15 is 0 Å². The van der Waals surface area contributed by atoms with Gasteiger partial charge in [0.15, 0.2) is 0 Å². The fraction of sp³-hybridized carbons (Fsp3) is 0.692. The third-order valence-electron chi connectivity index (χ3n) is 2.91. The van der Waals surface area contributed by atoms with Crippen LogP contribution in [0.4, 0.5) is 4.79 Å². The zero-order valence-corrected chi connectivity index (χ0v) is 12.5. The van der Waals surface area contributed by atoms with Gasteiger partial charge in [-0.05, 0) is 32.2 Å². The molecule has 22 heavy (non-hydrogen) atoms. The van der Waals surface area contributed by atoms with Crippen molar-refractivity contribution in [2.24, 2.45) is 5.73 Å². The smallest absolute Gasteiger partial charge is 0.328 e. The number of rotatable bonds is 11. The van der Waals surface area contributed by atoms with Gasteiger partial charge in [0.1, 0.15) is 18.4 Å². The minimum Gasteiger partial charge on any atom is -0.480 e. The van der Waals surface area contributed by atoms with Crippen LogP contribution in [0.1, 0.15) is 32.1 Å². The molecule has 0 aliphatic carbocycles. The molecule has 0 bridgehead atoms. The van der Waals surface area contributed by atoms with Crippen molar-refractivity contribution in [3.05, 3.63) is 0 Å². The highest BCUT2D eigenvalue weighted by molar-refractivity contribution is 5.86. The molecule has 2 amide bonds. The molecule has 0 aromatic heterocycles. The van der Waals surface area contributed by atoms with E-state index in [0.717, 1.165) is 7.11 Å². The average molecular weight is 317 g/mol. The second-order valence-corrected chi connectivity index (χ2v) is 4.61. The molecule has 2 atom stereocenters. The first-order valence-electron chi connectivity index (χ1n) is 6.97. The van der Waals surface area contributed by atoms with Gasteiger partial charge in [-0.1, -0.05) is 0 Å². The quantitative estimate of drug-likeness (QED) is 0.226. The van der Waals surface area contributed by atoms with Crippen LogP contribution < -0.4 is 16.4 Å². The van der Waals surface area contributed by atoms with E-state index in [1.807, 2.05) is 0 Å². The molecule has 9 nitrogen and oxygen atoms in total. The van der Waals surface area contributed by atoms with Crippen LogP contribution in [0, 0.1) is 0 Å².